The number of hydrogen-bond acceptors (Lipinski definition) is 2. The molecule has 0 aromatic heterocycles. The second-order valence-electron chi connectivity index (χ2n) is 4.04. The van der Waals surface area contributed by atoms with Gasteiger partial charge in [-0.25, -0.2) is 0 Å². The van der Waals surface area contributed by atoms with Crippen LogP contribution in [0.1, 0.15) is 26.7 Å². The van der Waals surface area contributed by atoms with E-state index in [1.54, 1.807) is 0 Å². The highest BCUT2D eigenvalue weighted by Gasteiger charge is 2.28. The topological polar surface area (TPSA) is 15.3 Å². The number of nitrogens with zero attached hydrogens (tertiary/aromatic N) is 1. The quantitative estimate of drug-likeness (QED) is 0.637. The predicted molar refractivity (Wildman–Crippen MR) is 56.5 cm³/mol. The SMILES string of the molecule is C#CC(C)NCC(C)N(C)C1CC1. The molecule has 2 heteroatoms. The zero-order valence-corrected chi connectivity index (χ0v) is 8.88. The molecule has 0 heterocycles. The summed E-state index contributed by atoms with van der Waals surface area (Å²) < 4.78 is 0. The van der Waals surface area contributed by atoms with Gasteiger partial charge >= 0.3 is 0 Å². The zero-order valence-electron chi connectivity index (χ0n) is 8.88. The molecule has 0 spiro atoms. The van der Waals surface area contributed by atoms with Crippen LogP contribution in [0.25, 0.3) is 0 Å². The van der Waals surface area contributed by atoms with E-state index < -0.39 is 0 Å². The van der Waals surface area contributed by atoms with Gasteiger partial charge in [0, 0.05) is 18.6 Å². The summed E-state index contributed by atoms with van der Waals surface area (Å²) in [6.07, 6.45) is 8.01. The average Bonchev–Trinajstić information content (AvgIpc) is 2.95. The molecular weight excluding hydrogens is 160 g/mol. The molecule has 1 saturated carbocycles. The lowest BCUT2D eigenvalue weighted by molar-refractivity contribution is 0.240. The third-order valence-electron chi connectivity index (χ3n) is 2.79. The lowest BCUT2D eigenvalue weighted by Crippen LogP contribution is -2.41. The molecule has 0 aromatic rings. The van der Waals surface area contributed by atoms with E-state index in [0.717, 1.165) is 12.6 Å². The zero-order chi connectivity index (χ0) is 9.84. The smallest absolute Gasteiger partial charge is 0.0658 e. The number of likely N-dealkylation sites (N-methyl/N-ethyl adjacent to an activating group) is 1. The highest BCUT2D eigenvalue weighted by molar-refractivity contribution is 4.96. The van der Waals surface area contributed by atoms with Crippen LogP contribution < -0.4 is 5.32 Å². The highest BCUT2D eigenvalue weighted by atomic mass is 15.2. The maximum Gasteiger partial charge on any atom is 0.0658 e. The van der Waals surface area contributed by atoms with Crippen molar-refractivity contribution in [3.8, 4) is 12.3 Å². The van der Waals surface area contributed by atoms with Crippen LogP contribution >= 0.6 is 0 Å². The third kappa shape index (κ3) is 3.38. The van der Waals surface area contributed by atoms with Crippen molar-refractivity contribution in [1.82, 2.24) is 10.2 Å². The van der Waals surface area contributed by atoms with Gasteiger partial charge in [-0.05, 0) is 33.7 Å². The average molecular weight is 180 g/mol. The van der Waals surface area contributed by atoms with Crippen LogP contribution in [0.5, 0.6) is 0 Å². The van der Waals surface area contributed by atoms with Gasteiger partial charge in [0.2, 0.25) is 0 Å². The normalized spacial score (nSPS) is 21.2. The molecule has 0 saturated heterocycles. The molecular formula is C11H20N2. The molecule has 0 aliphatic heterocycles. The summed E-state index contributed by atoms with van der Waals surface area (Å²) >= 11 is 0. The van der Waals surface area contributed by atoms with Crippen LogP contribution in [0.4, 0.5) is 0 Å². The van der Waals surface area contributed by atoms with E-state index in [2.05, 4.69) is 30.1 Å². The van der Waals surface area contributed by atoms with Gasteiger partial charge in [0.1, 0.15) is 0 Å². The van der Waals surface area contributed by atoms with Gasteiger partial charge in [-0.15, -0.1) is 6.42 Å². The molecule has 2 nitrogen and oxygen atoms in total. The van der Waals surface area contributed by atoms with Crippen LogP contribution in [0.15, 0.2) is 0 Å². The van der Waals surface area contributed by atoms with Crippen molar-refractivity contribution in [3.05, 3.63) is 0 Å². The van der Waals surface area contributed by atoms with E-state index in [4.69, 9.17) is 6.42 Å². The third-order valence-corrected chi connectivity index (χ3v) is 2.79. The van der Waals surface area contributed by atoms with Crippen molar-refractivity contribution >= 4 is 0 Å². The number of terminal acetylenes is 1. The van der Waals surface area contributed by atoms with Crippen molar-refractivity contribution in [3.63, 3.8) is 0 Å². The molecule has 0 radical (unpaired) electrons. The first-order chi connectivity index (χ1) is 6.15. The van der Waals surface area contributed by atoms with Crippen LogP contribution in [-0.2, 0) is 0 Å². The van der Waals surface area contributed by atoms with Crippen LogP contribution in [0.2, 0.25) is 0 Å². The highest BCUT2D eigenvalue weighted by Crippen LogP contribution is 2.26. The fourth-order valence-corrected chi connectivity index (χ4v) is 1.39. The van der Waals surface area contributed by atoms with E-state index in [1.165, 1.54) is 12.8 Å². The Kier molecular flexibility index (Phi) is 3.77. The van der Waals surface area contributed by atoms with Gasteiger partial charge in [0.25, 0.3) is 0 Å². The molecule has 1 fully saturated rings. The van der Waals surface area contributed by atoms with Crippen molar-refractivity contribution in [2.24, 2.45) is 0 Å². The second kappa shape index (κ2) is 4.64. The predicted octanol–water partition coefficient (Wildman–Crippen LogP) is 1.08. The molecule has 74 valence electrons. The Balaban J connectivity index is 2.16. The molecule has 0 bridgehead atoms. The Labute approximate surface area is 81.7 Å². The maximum absolute atomic E-state index is 5.28. The molecule has 1 N–H and O–H groups in total. The molecule has 0 amide bonds. The Hall–Kier alpha value is -0.520. The molecule has 1 rings (SSSR count). The molecule has 2 unspecified atom stereocenters. The van der Waals surface area contributed by atoms with Gasteiger partial charge < -0.3 is 5.32 Å². The summed E-state index contributed by atoms with van der Waals surface area (Å²) in [7, 11) is 2.20. The van der Waals surface area contributed by atoms with Crippen molar-refractivity contribution in [1.29, 1.82) is 0 Å². The first kappa shape index (κ1) is 10.6. The van der Waals surface area contributed by atoms with Crippen LogP contribution in [0.3, 0.4) is 0 Å². The summed E-state index contributed by atoms with van der Waals surface area (Å²) in [4.78, 5) is 2.44. The van der Waals surface area contributed by atoms with Crippen LogP contribution in [0, 0.1) is 12.3 Å². The van der Waals surface area contributed by atoms with E-state index >= 15 is 0 Å². The minimum Gasteiger partial charge on any atom is -0.302 e. The summed E-state index contributed by atoms with van der Waals surface area (Å²) in [6.45, 7) is 5.25. The second-order valence-corrected chi connectivity index (χ2v) is 4.04. The standard InChI is InChI=1S/C11H20N2/c1-5-9(2)12-8-10(3)13(4)11-6-7-11/h1,9-12H,6-8H2,2-4H3. The molecule has 0 aromatic carbocycles. The van der Waals surface area contributed by atoms with Crippen molar-refractivity contribution in [2.45, 2.75) is 44.8 Å². The van der Waals surface area contributed by atoms with E-state index in [-0.39, 0.29) is 6.04 Å². The van der Waals surface area contributed by atoms with Crippen molar-refractivity contribution < 1.29 is 0 Å². The maximum atomic E-state index is 5.28. The minimum absolute atomic E-state index is 0.190. The van der Waals surface area contributed by atoms with Crippen molar-refractivity contribution in [2.75, 3.05) is 13.6 Å². The molecule has 13 heavy (non-hydrogen) atoms. The molecule has 2 atom stereocenters. The first-order valence-corrected chi connectivity index (χ1v) is 5.06. The summed E-state index contributed by atoms with van der Waals surface area (Å²) in [6, 6.07) is 1.61. The number of rotatable bonds is 5. The van der Waals surface area contributed by atoms with Gasteiger partial charge in [-0.1, -0.05) is 5.92 Å². The minimum atomic E-state index is 0.190. The first-order valence-electron chi connectivity index (χ1n) is 5.06. The fraction of sp³-hybridized carbons (Fsp3) is 0.818. The Morgan fingerprint density at radius 2 is 2.15 bits per heavy atom. The van der Waals surface area contributed by atoms with Gasteiger partial charge in [0.15, 0.2) is 0 Å². The lowest BCUT2D eigenvalue weighted by Gasteiger charge is -2.25. The summed E-state index contributed by atoms with van der Waals surface area (Å²) in [5, 5.41) is 3.32. The monoisotopic (exact) mass is 180 g/mol. The van der Waals surface area contributed by atoms with Gasteiger partial charge in [0.05, 0.1) is 6.04 Å². The summed E-state index contributed by atoms with van der Waals surface area (Å²) in [5.41, 5.74) is 0. The molecule has 1 aliphatic carbocycles. The lowest BCUT2D eigenvalue weighted by atomic mass is 10.2. The molecule has 1 aliphatic rings. The van der Waals surface area contributed by atoms with Crippen LogP contribution in [-0.4, -0.2) is 36.6 Å². The Morgan fingerprint density at radius 1 is 1.54 bits per heavy atom. The van der Waals surface area contributed by atoms with E-state index in [0.29, 0.717) is 6.04 Å². The van der Waals surface area contributed by atoms with E-state index in [9.17, 15) is 0 Å². The van der Waals surface area contributed by atoms with E-state index in [1.807, 2.05) is 6.92 Å². The Morgan fingerprint density at radius 3 is 2.62 bits per heavy atom. The Bertz CT molecular complexity index is 191. The number of nitrogens with one attached hydrogen (secondary N) is 1. The summed E-state index contributed by atoms with van der Waals surface area (Å²) in [5.74, 6) is 2.67. The number of hydrogen-bond donors (Lipinski definition) is 1. The fourth-order valence-electron chi connectivity index (χ4n) is 1.39. The van der Waals surface area contributed by atoms with Gasteiger partial charge in [-0.3, -0.25) is 4.90 Å². The van der Waals surface area contributed by atoms with Gasteiger partial charge in [-0.2, -0.15) is 0 Å². The largest absolute Gasteiger partial charge is 0.302 e.